The van der Waals surface area contributed by atoms with Gasteiger partial charge in [-0.25, -0.2) is 0 Å². The Morgan fingerprint density at radius 3 is 2.89 bits per heavy atom. The molecule has 3 rings (SSSR count). The zero-order valence-electron chi connectivity index (χ0n) is 10.2. The highest BCUT2D eigenvalue weighted by Gasteiger charge is 2.22. The molecule has 1 saturated heterocycles. The summed E-state index contributed by atoms with van der Waals surface area (Å²) >= 11 is 5.94. The molecule has 0 aliphatic carbocycles. The molecule has 0 atom stereocenters. The lowest BCUT2D eigenvalue weighted by molar-refractivity contribution is 0.0847. The number of rotatable bonds is 2. The highest BCUT2D eigenvalue weighted by molar-refractivity contribution is 6.31. The monoisotopic (exact) mass is 266 g/mol. The Kier molecular flexibility index (Phi) is 3.14. The summed E-state index contributed by atoms with van der Waals surface area (Å²) in [6, 6.07) is 6.57. The lowest BCUT2D eigenvalue weighted by Gasteiger charge is -2.29. The zero-order valence-corrected chi connectivity index (χ0v) is 11.0. The number of hydrogen-bond donors (Lipinski definition) is 0. The van der Waals surface area contributed by atoms with Gasteiger partial charge in [0.1, 0.15) is 5.52 Å². The van der Waals surface area contributed by atoms with Crippen molar-refractivity contribution in [1.82, 2.24) is 4.98 Å². The summed E-state index contributed by atoms with van der Waals surface area (Å²) in [7, 11) is 2.02. The fourth-order valence-electron chi connectivity index (χ4n) is 2.27. The minimum Gasteiger partial charge on any atom is -0.423 e. The Hall–Kier alpha value is -1.26. The van der Waals surface area contributed by atoms with Crippen LogP contribution >= 0.6 is 11.6 Å². The van der Waals surface area contributed by atoms with Crippen LogP contribution in [-0.4, -0.2) is 31.3 Å². The molecule has 18 heavy (non-hydrogen) atoms. The van der Waals surface area contributed by atoms with Crippen LogP contribution in [0, 0.1) is 0 Å². The standard InChI is InChI=1S/C13H15ClN2O2/c1-16(10-4-6-17-7-5-10)13-15-11-8-9(14)2-3-12(11)18-13/h2-3,8,10H,4-7H2,1H3. The topological polar surface area (TPSA) is 38.5 Å². The van der Waals surface area contributed by atoms with E-state index >= 15 is 0 Å². The number of aromatic nitrogens is 1. The fraction of sp³-hybridized carbons (Fsp3) is 0.462. The first kappa shape index (κ1) is 11.8. The fourth-order valence-corrected chi connectivity index (χ4v) is 2.43. The lowest BCUT2D eigenvalue weighted by Crippen LogP contribution is -2.36. The van der Waals surface area contributed by atoms with Crippen molar-refractivity contribution in [3.05, 3.63) is 23.2 Å². The van der Waals surface area contributed by atoms with E-state index in [1.807, 2.05) is 25.2 Å². The molecule has 1 fully saturated rings. The quantitative estimate of drug-likeness (QED) is 0.837. The molecule has 4 nitrogen and oxygen atoms in total. The summed E-state index contributed by atoms with van der Waals surface area (Å²) in [5, 5.41) is 0.677. The third-order valence-corrected chi connectivity index (χ3v) is 3.61. The Bertz CT molecular complexity index is 549. The first-order valence-electron chi connectivity index (χ1n) is 6.11. The van der Waals surface area contributed by atoms with Gasteiger partial charge in [-0.1, -0.05) is 11.6 Å². The number of benzene rings is 1. The van der Waals surface area contributed by atoms with E-state index in [0.717, 1.165) is 37.2 Å². The number of halogens is 1. The SMILES string of the molecule is CN(c1nc2cc(Cl)ccc2o1)C1CCOCC1. The molecule has 5 heteroatoms. The van der Waals surface area contributed by atoms with Crippen LogP contribution in [0.25, 0.3) is 11.1 Å². The van der Waals surface area contributed by atoms with Gasteiger partial charge >= 0.3 is 0 Å². The van der Waals surface area contributed by atoms with E-state index < -0.39 is 0 Å². The number of nitrogens with zero attached hydrogens (tertiary/aromatic N) is 2. The smallest absolute Gasteiger partial charge is 0.298 e. The zero-order chi connectivity index (χ0) is 12.5. The molecule has 2 heterocycles. The molecule has 2 aromatic rings. The van der Waals surface area contributed by atoms with Gasteiger partial charge in [-0.15, -0.1) is 0 Å². The molecule has 1 aliphatic rings. The van der Waals surface area contributed by atoms with Gasteiger partial charge in [0.15, 0.2) is 5.58 Å². The number of hydrogen-bond acceptors (Lipinski definition) is 4. The van der Waals surface area contributed by atoms with E-state index in [9.17, 15) is 0 Å². The summed E-state index contributed by atoms with van der Waals surface area (Å²) < 4.78 is 11.1. The predicted molar refractivity (Wildman–Crippen MR) is 71.3 cm³/mol. The third-order valence-electron chi connectivity index (χ3n) is 3.38. The second kappa shape index (κ2) is 4.78. The second-order valence-electron chi connectivity index (χ2n) is 4.56. The number of anilines is 1. The van der Waals surface area contributed by atoms with Crippen molar-refractivity contribution in [2.45, 2.75) is 18.9 Å². The van der Waals surface area contributed by atoms with E-state index in [2.05, 4.69) is 9.88 Å². The molecule has 0 spiro atoms. The van der Waals surface area contributed by atoms with Crippen LogP contribution in [0.3, 0.4) is 0 Å². The largest absolute Gasteiger partial charge is 0.423 e. The molecule has 0 N–H and O–H groups in total. The van der Waals surface area contributed by atoms with Gasteiger partial charge < -0.3 is 14.1 Å². The molecular weight excluding hydrogens is 252 g/mol. The maximum absolute atomic E-state index is 5.94. The average Bonchev–Trinajstić information content (AvgIpc) is 2.81. The first-order chi connectivity index (χ1) is 8.74. The lowest BCUT2D eigenvalue weighted by atomic mass is 10.1. The molecule has 0 radical (unpaired) electrons. The predicted octanol–water partition coefficient (Wildman–Crippen LogP) is 3.10. The highest BCUT2D eigenvalue weighted by atomic mass is 35.5. The maximum atomic E-state index is 5.94. The summed E-state index contributed by atoms with van der Waals surface area (Å²) in [5.74, 6) is 0. The van der Waals surface area contributed by atoms with Gasteiger partial charge in [0.05, 0.1) is 0 Å². The van der Waals surface area contributed by atoms with Crippen LogP contribution in [-0.2, 0) is 4.74 Å². The van der Waals surface area contributed by atoms with Crippen molar-refractivity contribution in [2.75, 3.05) is 25.2 Å². The summed E-state index contributed by atoms with van der Waals surface area (Å²) in [6.07, 6.45) is 2.02. The first-order valence-corrected chi connectivity index (χ1v) is 6.48. The molecule has 0 saturated carbocycles. The molecular formula is C13H15ClN2O2. The summed E-state index contributed by atoms with van der Waals surface area (Å²) in [6.45, 7) is 1.61. The van der Waals surface area contributed by atoms with Crippen LogP contribution < -0.4 is 4.90 Å². The Balaban J connectivity index is 1.88. The van der Waals surface area contributed by atoms with E-state index in [-0.39, 0.29) is 0 Å². The van der Waals surface area contributed by atoms with Crippen LogP contribution in [0.2, 0.25) is 5.02 Å². The molecule has 1 aromatic carbocycles. The molecule has 0 bridgehead atoms. The number of ether oxygens (including phenoxy) is 1. The van der Waals surface area contributed by atoms with Crippen molar-refractivity contribution in [3.63, 3.8) is 0 Å². The van der Waals surface area contributed by atoms with Crippen LogP contribution in [0.4, 0.5) is 6.01 Å². The van der Waals surface area contributed by atoms with Crippen molar-refractivity contribution >= 4 is 28.7 Å². The van der Waals surface area contributed by atoms with Crippen molar-refractivity contribution < 1.29 is 9.15 Å². The van der Waals surface area contributed by atoms with Gasteiger partial charge in [-0.3, -0.25) is 0 Å². The third kappa shape index (κ3) is 2.18. The summed E-state index contributed by atoms with van der Waals surface area (Å²) in [5.41, 5.74) is 1.57. The molecule has 1 aliphatic heterocycles. The van der Waals surface area contributed by atoms with Crippen molar-refractivity contribution in [2.24, 2.45) is 0 Å². The van der Waals surface area contributed by atoms with Crippen molar-refractivity contribution in [3.8, 4) is 0 Å². The Morgan fingerprint density at radius 1 is 1.33 bits per heavy atom. The molecule has 1 aromatic heterocycles. The van der Waals surface area contributed by atoms with Gasteiger partial charge in [-0.05, 0) is 31.0 Å². The van der Waals surface area contributed by atoms with E-state index in [4.69, 9.17) is 20.8 Å². The van der Waals surface area contributed by atoms with Crippen LogP contribution in [0.5, 0.6) is 0 Å². The molecule has 0 amide bonds. The average molecular weight is 267 g/mol. The minimum absolute atomic E-state index is 0.433. The summed E-state index contributed by atoms with van der Waals surface area (Å²) in [4.78, 5) is 6.58. The van der Waals surface area contributed by atoms with Gasteiger partial charge in [0.2, 0.25) is 0 Å². The van der Waals surface area contributed by atoms with Crippen molar-refractivity contribution in [1.29, 1.82) is 0 Å². The number of oxazole rings is 1. The highest BCUT2D eigenvalue weighted by Crippen LogP contribution is 2.26. The van der Waals surface area contributed by atoms with E-state index in [1.165, 1.54) is 0 Å². The van der Waals surface area contributed by atoms with Gasteiger partial charge in [0.25, 0.3) is 6.01 Å². The minimum atomic E-state index is 0.433. The van der Waals surface area contributed by atoms with Gasteiger partial charge in [0, 0.05) is 31.3 Å². The molecule has 96 valence electrons. The van der Waals surface area contributed by atoms with E-state index in [1.54, 1.807) is 0 Å². The normalized spacial score (nSPS) is 17.2. The van der Waals surface area contributed by atoms with Crippen LogP contribution in [0.15, 0.2) is 22.6 Å². The van der Waals surface area contributed by atoms with Gasteiger partial charge in [-0.2, -0.15) is 4.98 Å². The Morgan fingerprint density at radius 2 is 2.11 bits per heavy atom. The molecule has 0 unspecified atom stereocenters. The van der Waals surface area contributed by atoms with Crippen LogP contribution in [0.1, 0.15) is 12.8 Å². The second-order valence-corrected chi connectivity index (χ2v) is 5.00. The van der Waals surface area contributed by atoms with E-state index in [0.29, 0.717) is 17.1 Å². The maximum Gasteiger partial charge on any atom is 0.298 e. The Labute approximate surface area is 110 Å². The number of fused-ring (bicyclic) bond motifs is 1.